The third kappa shape index (κ3) is 2.83. The summed E-state index contributed by atoms with van der Waals surface area (Å²) in [7, 11) is 0. The summed E-state index contributed by atoms with van der Waals surface area (Å²) in [4.78, 5) is 16.7. The van der Waals surface area contributed by atoms with Crippen molar-refractivity contribution in [2.24, 2.45) is 0 Å². The highest BCUT2D eigenvalue weighted by Gasteiger charge is 2.44. The van der Waals surface area contributed by atoms with E-state index < -0.39 is 25.0 Å². The van der Waals surface area contributed by atoms with Gasteiger partial charge in [0.1, 0.15) is 5.69 Å². The van der Waals surface area contributed by atoms with Crippen LogP contribution < -0.4 is 4.90 Å². The second-order valence-corrected chi connectivity index (χ2v) is 5.92. The van der Waals surface area contributed by atoms with Crippen LogP contribution in [0.3, 0.4) is 0 Å². The number of carboxylic acids is 1. The molecule has 1 aliphatic heterocycles. The van der Waals surface area contributed by atoms with Crippen LogP contribution in [0.15, 0.2) is 30.4 Å². The van der Waals surface area contributed by atoms with E-state index in [1.807, 2.05) is 6.08 Å². The number of pyridine rings is 1. The standard InChI is InChI=1S/C15H13ClF2N2O2/c16-10-3-1-2-9(6-10)13-12(20-7-15(17,18)8-20)5-4-11(19-13)14(21)22/h1-2,4-6,10H,3,7-8H2,(H,21,22). The minimum Gasteiger partial charge on any atom is -0.477 e. The number of aromatic nitrogens is 1. The van der Waals surface area contributed by atoms with Crippen molar-refractivity contribution in [3.63, 3.8) is 0 Å². The fourth-order valence-electron chi connectivity index (χ4n) is 2.52. The average molecular weight is 327 g/mol. The zero-order chi connectivity index (χ0) is 15.9. The molecule has 0 spiro atoms. The summed E-state index contributed by atoms with van der Waals surface area (Å²) in [6.07, 6.45) is 6.07. The third-order valence-corrected chi connectivity index (χ3v) is 3.87. The van der Waals surface area contributed by atoms with Crippen LogP contribution in [0.1, 0.15) is 22.6 Å². The van der Waals surface area contributed by atoms with Gasteiger partial charge in [-0.3, -0.25) is 0 Å². The van der Waals surface area contributed by atoms with Crippen molar-refractivity contribution in [3.8, 4) is 0 Å². The second-order valence-electron chi connectivity index (χ2n) is 5.36. The Balaban J connectivity index is 2.03. The second kappa shape index (κ2) is 5.35. The van der Waals surface area contributed by atoms with Gasteiger partial charge in [0.15, 0.2) is 0 Å². The first kappa shape index (κ1) is 15.0. The lowest BCUT2D eigenvalue weighted by atomic mass is 9.99. The van der Waals surface area contributed by atoms with Crippen molar-refractivity contribution < 1.29 is 18.7 Å². The first-order valence-electron chi connectivity index (χ1n) is 6.76. The predicted octanol–water partition coefficient (Wildman–Crippen LogP) is 3.19. The van der Waals surface area contributed by atoms with Crippen molar-refractivity contribution >= 4 is 28.8 Å². The Morgan fingerprint density at radius 3 is 2.73 bits per heavy atom. The number of carbonyl (C=O) groups is 1. The summed E-state index contributed by atoms with van der Waals surface area (Å²) in [5.74, 6) is -3.88. The summed E-state index contributed by atoms with van der Waals surface area (Å²) in [6, 6.07) is 2.84. The number of rotatable bonds is 3. The smallest absolute Gasteiger partial charge is 0.354 e. The van der Waals surface area contributed by atoms with Gasteiger partial charge >= 0.3 is 5.97 Å². The number of hydrogen-bond donors (Lipinski definition) is 1. The van der Waals surface area contributed by atoms with E-state index in [1.165, 1.54) is 17.0 Å². The zero-order valence-electron chi connectivity index (χ0n) is 11.5. The Morgan fingerprint density at radius 1 is 1.41 bits per heavy atom. The zero-order valence-corrected chi connectivity index (χ0v) is 12.2. The van der Waals surface area contributed by atoms with E-state index in [1.54, 1.807) is 12.2 Å². The van der Waals surface area contributed by atoms with Gasteiger partial charge in [0, 0.05) is 0 Å². The minimum atomic E-state index is -2.71. The summed E-state index contributed by atoms with van der Waals surface area (Å²) < 4.78 is 26.2. The first-order chi connectivity index (χ1) is 10.4. The number of hydrogen-bond acceptors (Lipinski definition) is 3. The molecule has 1 N–H and O–H groups in total. The molecule has 116 valence electrons. The van der Waals surface area contributed by atoms with Crippen molar-refractivity contribution in [2.75, 3.05) is 18.0 Å². The number of aromatic carboxylic acids is 1. The van der Waals surface area contributed by atoms with Crippen LogP contribution in [-0.4, -0.2) is 40.4 Å². The maximum absolute atomic E-state index is 13.1. The number of carboxylic acid groups (broad SMARTS) is 1. The molecular weight excluding hydrogens is 314 g/mol. The SMILES string of the molecule is O=C(O)c1ccc(N2CC(F)(F)C2)c(C2=CC(Cl)CC=C2)n1. The molecule has 0 aromatic carbocycles. The van der Waals surface area contributed by atoms with Gasteiger partial charge in [-0.15, -0.1) is 11.6 Å². The Labute approximate surface area is 130 Å². The molecule has 1 unspecified atom stereocenters. The molecule has 1 aromatic heterocycles. The summed E-state index contributed by atoms with van der Waals surface area (Å²) in [6.45, 7) is -0.787. The highest BCUT2D eigenvalue weighted by Crippen LogP contribution is 2.37. The summed E-state index contributed by atoms with van der Waals surface area (Å²) >= 11 is 6.08. The molecule has 1 atom stereocenters. The average Bonchev–Trinajstić information content (AvgIpc) is 2.44. The Morgan fingerprint density at radius 2 is 2.14 bits per heavy atom. The van der Waals surface area contributed by atoms with Gasteiger partial charge in [-0.2, -0.15) is 0 Å². The van der Waals surface area contributed by atoms with Crippen molar-refractivity contribution in [2.45, 2.75) is 17.7 Å². The van der Waals surface area contributed by atoms with Gasteiger partial charge in [0.05, 0.1) is 29.8 Å². The lowest BCUT2D eigenvalue weighted by Crippen LogP contribution is -2.56. The van der Waals surface area contributed by atoms with Crippen LogP contribution in [0.2, 0.25) is 0 Å². The molecular formula is C15H13ClF2N2O2. The Hall–Kier alpha value is -1.95. The molecule has 2 heterocycles. The molecule has 1 fully saturated rings. The monoisotopic (exact) mass is 326 g/mol. The van der Waals surface area contributed by atoms with Crippen LogP contribution in [0.25, 0.3) is 5.57 Å². The van der Waals surface area contributed by atoms with Crippen LogP contribution in [0.4, 0.5) is 14.5 Å². The molecule has 22 heavy (non-hydrogen) atoms. The largest absolute Gasteiger partial charge is 0.477 e. The molecule has 1 saturated heterocycles. The molecule has 3 rings (SSSR count). The lowest BCUT2D eigenvalue weighted by molar-refractivity contribution is -0.0263. The normalized spacial score (nSPS) is 23.0. The van der Waals surface area contributed by atoms with Gasteiger partial charge in [0.2, 0.25) is 0 Å². The molecule has 0 amide bonds. The van der Waals surface area contributed by atoms with E-state index in [0.29, 0.717) is 23.4 Å². The molecule has 2 aliphatic rings. The molecule has 1 aromatic rings. The fraction of sp³-hybridized carbons (Fsp3) is 0.333. The molecule has 4 nitrogen and oxygen atoms in total. The number of nitrogens with zero attached hydrogens (tertiary/aromatic N) is 2. The van der Waals surface area contributed by atoms with E-state index >= 15 is 0 Å². The molecule has 7 heteroatoms. The van der Waals surface area contributed by atoms with Crippen LogP contribution >= 0.6 is 11.6 Å². The van der Waals surface area contributed by atoms with Gasteiger partial charge in [-0.1, -0.05) is 18.2 Å². The van der Waals surface area contributed by atoms with E-state index in [9.17, 15) is 13.6 Å². The van der Waals surface area contributed by atoms with Gasteiger partial charge < -0.3 is 10.0 Å². The van der Waals surface area contributed by atoms with E-state index in [2.05, 4.69) is 4.98 Å². The van der Waals surface area contributed by atoms with Crippen molar-refractivity contribution in [1.29, 1.82) is 0 Å². The molecule has 1 aliphatic carbocycles. The van der Waals surface area contributed by atoms with E-state index in [-0.39, 0.29) is 11.1 Å². The number of anilines is 1. The summed E-state index contributed by atoms with van der Waals surface area (Å²) in [5, 5.41) is 8.86. The number of allylic oxidation sites excluding steroid dienone is 4. The number of halogens is 3. The molecule has 0 bridgehead atoms. The number of alkyl halides is 3. The van der Waals surface area contributed by atoms with Crippen LogP contribution in [-0.2, 0) is 0 Å². The highest BCUT2D eigenvalue weighted by molar-refractivity contribution is 6.22. The highest BCUT2D eigenvalue weighted by atomic mass is 35.5. The van der Waals surface area contributed by atoms with Crippen LogP contribution in [0.5, 0.6) is 0 Å². The third-order valence-electron chi connectivity index (χ3n) is 3.57. The van der Waals surface area contributed by atoms with Gasteiger partial charge in [-0.25, -0.2) is 18.6 Å². The maximum atomic E-state index is 13.1. The van der Waals surface area contributed by atoms with Crippen LogP contribution in [0, 0.1) is 0 Å². The molecule has 0 radical (unpaired) electrons. The molecule has 0 saturated carbocycles. The summed E-state index contributed by atoms with van der Waals surface area (Å²) in [5.41, 5.74) is 1.39. The predicted molar refractivity (Wildman–Crippen MR) is 79.7 cm³/mol. The van der Waals surface area contributed by atoms with Crippen molar-refractivity contribution in [1.82, 2.24) is 4.98 Å². The van der Waals surface area contributed by atoms with E-state index in [0.717, 1.165) is 0 Å². The lowest BCUT2D eigenvalue weighted by Gasteiger charge is -2.41. The Kier molecular flexibility index (Phi) is 3.64. The quantitative estimate of drug-likeness (QED) is 0.867. The Bertz CT molecular complexity index is 680. The maximum Gasteiger partial charge on any atom is 0.354 e. The van der Waals surface area contributed by atoms with Gasteiger partial charge in [0.25, 0.3) is 5.92 Å². The van der Waals surface area contributed by atoms with Gasteiger partial charge in [-0.05, 0) is 24.1 Å². The van der Waals surface area contributed by atoms with E-state index in [4.69, 9.17) is 16.7 Å². The minimum absolute atomic E-state index is 0.128. The fourth-order valence-corrected chi connectivity index (χ4v) is 2.76. The van der Waals surface area contributed by atoms with Crippen molar-refractivity contribution in [3.05, 3.63) is 41.7 Å². The topological polar surface area (TPSA) is 53.4 Å². The first-order valence-corrected chi connectivity index (χ1v) is 7.19.